The van der Waals surface area contributed by atoms with Crippen LogP contribution in [-0.4, -0.2) is 42.2 Å². The van der Waals surface area contributed by atoms with E-state index in [1.807, 2.05) is 24.3 Å². The summed E-state index contributed by atoms with van der Waals surface area (Å²) in [6.45, 7) is 7.28. The van der Waals surface area contributed by atoms with E-state index >= 15 is 0 Å². The Labute approximate surface area is 195 Å². The molecule has 0 N–H and O–H groups in total. The third kappa shape index (κ3) is 3.91. The lowest BCUT2D eigenvalue weighted by molar-refractivity contribution is 0.0522. The van der Waals surface area contributed by atoms with Gasteiger partial charge in [-0.2, -0.15) is 0 Å². The predicted molar refractivity (Wildman–Crippen MR) is 128 cm³/mol. The van der Waals surface area contributed by atoms with Gasteiger partial charge in [-0.3, -0.25) is 0 Å². The largest absolute Gasteiger partial charge is 0.495 e. The molecule has 0 fully saturated rings. The number of hydrogen-bond acceptors (Lipinski definition) is 8. The molecule has 8 heteroatoms. The van der Waals surface area contributed by atoms with E-state index in [-0.39, 0.29) is 24.3 Å². The number of fused-ring (bicyclic) bond motifs is 3. The maximum absolute atomic E-state index is 13.0. The van der Waals surface area contributed by atoms with Crippen LogP contribution in [0.5, 0.6) is 5.75 Å². The predicted octanol–water partition coefficient (Wildman–Crippen LogP) is 5.49. The molecular formula is C25H24N2O5S. The smallest absolute Gasteiger partial charge is 0.340 e. The summed E-state index contributed by atoms with van der Waals surface area (Å²) in [6.07, 6.45) is 0. The molecule has 0 aliphatic carbocycles. The van der Waals surface area contributed by atoms with Crippen LogP contribution in [0.25, 0.3) is 31.7 Å². The minimum atomic E-state index is -0.570. The number of hydrogen-bond donors (Lipinski definition) is 0. The lowest BCUT2D eigenvalue weighted by atomic mass is 9.97. The fourth-order valence-corrected chi connectivity index (χ4v) is 5.06. The highest BCUT2D eigenvalue weighted by atomic mass is 32.1. The van der Waals surface area contributed by atoms with Crippen molar-refractivity contribution in [3.05, 3.63) is 52.7 Å². The third-order valence-corrected chi connectivity index (χ3v) is 6.52. The first-order chi connectivity index (χ1) is 15.9. The fraction of sp³-hybridized carbons (Fsp3) is 0.280. The Morgan fingerprint density at radius 3 is 2.30 bits per heavy atom. The number of aryl methyl sites for hydroxylation is 1. The number of rotatable bonds is 6. The molecule has 0 amide bonds. The Hall–Kier alpha value is -3.52. The zero-order chi connectivity index (χ0) is 23.7. The van der Waals surface area contributed by atoms with E-state index in [9.17, 15) is 9.59 Å². The van der Waals surface area contributed by atoms with Gasteiger partial charge in [-0.1, -0.05) is 18.2 Å². The molecule has 1 aromatic carbocycles. The van der Waals surface area contributed by atoms with E-state index < -0.39 is 11.9 Å². The average Bonchev–Trinajstić information content (AvgIpc) is 3.17. The van der Waals surface area contributed by atoms with E-state index in [2.05, 4.69) is 4.98 Å². The van der Waals surface area contributed by atoms with Gasteiger partial charge < -0.3 is 14.2 Å². The fourth-order valence-electron chi connectivity index (χ4n) is 3.92. The molecule has 4 rings (SSSR count). The topological polar surface area (TPSA) is 87.6 Å². The summed E-state index contributed by atoms with van der Waals surface area (Å²) in [5.41, 5.74) is 2.93. The standard InChI is InChI=1S/C25H24N2O5S/c1-6-31-24(28)19-13(3)20(25(29)32-7-2)22(26-14(19)4)16-12-17(30-5)23-21(27-16)15-10-8-9-11-18(15)33-23/h8-12H,6-7H2,1-5H3. The number of carbonyl (C=O) groups excluding carboxylic acids is 2. The van der Waals surface area contributed by atoms with Gasteiger partial charge in [-0.05, 0) is 39.3 Å². The minimum Gasteiger partial charge on any atom is -0.495 e. The molecule has 170 valence electrons. The molecule has 3 aromatic heterocycles. The van der Waals surface area contributed by atoms with Gasteiger partial charge in [-0.25, -0.2) is 19.6 Å². The molecule has 0 bridgehead atoms. The molecule has 0 saturated heterocycles. The average molecular weight is 465 g/mol. The molecule has 33 heavy (non-hydrogen) atoms. The highest BCUT2D eigenvalue weighted by Gasteiger charge is 2.28. The van der Waals surface area contributed by atoms with Crippen molar-refractivity contribution in [1.29, 1.82) is 0 Å². The van der Waals surface area contributed by atoms with Crippen molar-refractivity contribution in [3.8, 4) is 17.1 Å². The third-order valence-electron chi connectivity index (χ3n) is 5.34. The summed E-state index contributed by atoms with van der Waals surface area (Å²) in [5.74, 6) is -0.460. The van der Waals surface area contributed by atoms with Crippen molar-refractivity contribution in [1.82, 2.24) is 9.97 Å². The summed E-state index contributed by atoms with van der Waals surface area (Å²) in [6, 6.07) is 9.74. The Kier molecular flexibility index (Phi) is 6.29. The van der Waals surface area contributed by atoms with Crippen molar-refractivity contribution < 1.29 is 23.8 Å². The van der Waals surface area contributed by atoms with Crippen molar-refractivity contribution in [2.75, 3.05) is 20.3 Å². The molecule has 7 nitrogen and oxygen atoms in total. The quantitative estimate of drug-likeness (QED) is 0.349. The molecule has 0 aliphatic heterocycles. The zero-order valence-electron chi connectivity index (χ0n) is 19.1. The van der Waals surface area contributed by atoms with Crippen molar-refractivity contribution in [3.63, 3.8) is 0 Å². The van der Waals surface area contributed by atoms with Crippen LogP contribution in [0.2, 0.25) is 0 Å². The van der Waals surface area contributed by atoms with Gasteiger partial charge in [0.25, 0.3) is 0 Å². The van der Waals surface area contributed by atoms with Gasteiger partial charge in [-0.15, -0.1) is 11.3 Å². The molecular weight excluding hydrogens is 440 g/mol. The molecule has 0 spiro atoms. The first-order valence-electron chi connectivity index (χ1n) is 10.6. The summed E-state index contributed by atoms with van der Waals surface area (Å²) >= 11 is 1.59. The Morgan fingerprint density at radius 1 is 0.970 bits per heavy atom. The van der Waals surface area contributed by atoms with Crippen LogP contribution in [0.1, 0.15) is 45.8 Å². The Bertz CT molecular complexity index is 1390. The van der Waals surface area contributed by atoms with Crippen LogP contribution in [0.3, 0.4) is 0 Å². The minimum absolute atomic E-state index is 0.186. The summed E-state index contributed by atoms with van der Waals surface area (Å²) in [7, 11) is 1.60. The van der Waals surface area contributed by atoms with E-state index in [1.54, 1.807) is 52.2 Å². The van der Waals surface area contributed by atoms with Crippen LogP contribution in [0.15, 0.2) is 30.3 Å². The SMILES string of the molecule is CCOC(=O)c1c(C)nc(-c2cc(OC)c3sc4ccccc4c3n2)c(C(=O)OCC)c1C. The van der Waals surface area contributed by atoms with E-state index in [0.717, 1.165) is 20.3 Å². The van der Waals surface area contributed by atoms with E-state index in [1.165, 1.54) is 0 Å². The highest BCUT2D eigenvalue weighted by Crippen LogP contribution is 2.41. The monoisotopic (exact) mass is 464 g/mol. The number of nitrogens with zero attached hydrogens (tertiary/aromatic N) is 2. The number of methoxy groups -OCH3 is 1. The highest BCUT2D eigenvalue weighted by molar-refractivity contribution is 7.26. The van der Waals surface area contributed by atoms with E-state index in [4.69, 9.17) is 19.2 Å². The first kappa shape index (κ1) is 22.7. The molecule has 0 atom stereocenters. The molecule has 0 saturated carbocycles. The second kappa shape index (κ2) is 9.15. The van der Waals surface area contributed by atoms with Crippen molar-refractivity contribution in [2.45, 2.75) is 27.7 Å². The number of pyridine rings is 2. The Balaban J connectivity index is 2.04. The second-order valence-corrected chi connectivity index (χ2v) is 8.40. The summed E-state index contributed by atoms with van der Waals surface area (Å²) in [5, 5.41) is 0.993. The van der Waals surface area contributed by atoms with Gasteiger partial charge >= 0.3 is 11.9 Å². The van der Waals surface area contributed by atoms with Crippen LogP contribution in [0, 0.1) is 13.8 Å². The van der Waals surface area contributed by atoms with Gasteiger partial charge in [0, 0.05) is 16.2 Å². The molecule has 0 aliphatic rings. The molecule has 0 radical (unpaired) electrons. The van der Waals surface area contributed by atoms with Gasteiger partial charge in [0.1, 0.15) is 11.4 Å². The molecule has 0 unspecified atom stereocenters. The van der Waals surface area contributed by atoms with Gasteiger partial charge in [0.05, 0.1) is 53.1 Å². The number of esters is 2. The summed E-state index contributed by atoms with van der Waals surface area (Å²) < 4.78 is 18.2. The van der Waals surface area contributed by atoms with Gasteiger partial charge in [0.2, 0.25) is 0 Å². The number of aromatic nitrogens is 2. The zero-order valence-corrected chi connectivity index (χ0v) is 20.0. The number of carbonyl (C=O) groups is 2. The summed E-state index contributed by atoms with van der Waals surface area (Å²) in [4.78, 5) is 35.1. The van der Waals surface area contributed by atoms with E-state index in [0.29, 0.717) is 28.4 Å². The van der Waals surface area contributed by atoms with Crippen LogP contribution >= 0.6 is 11.3 Å². The number of ether oxygens (including phenoxy) is 3. The number of benzene rings is 1. The maximum Gasteiger partial charge on any atom is 0.340 e. The lowest BCUT2D eigenvalue weighted by Crippen LogP contribution is -2.17. The van der Waals surface area contributed by atoms with Crippen LogP contribution in [0.4, 0.5) is 0 Å². The maximum atomic E-state index is 13.0. The molecule has 3 heterocycles. The Morgan fingerprint density at radius 2 is 1.64 bits per heavy atom. The van der Waals surface area contributed by atoms with Crippen molar-refractivity contribution >= 4 is 43.6 Å². The van der Waals surface area contributed by atoms with Crippen LogP contribution in [-0.2, 0) is 9.47 Å². The first-order valence-corrected chi connectivity index (χ1v) is 11.4. The molecule has 4 aromatic rings. The van der Waals surface area contributed by atoms with Crippen molar-refractivity contribution in [2.24, 2.45) is 0 Å². The van der Waals surface area contributed by atoms with Crippen LogP contribution < -0.4 is 4.74 Å². The van der Waals surface area contributed by atoms with Gasteiger partial charge in [0.15, 0.2) is 0 Å². The second-order valence-electron chi connectivity index (χ2n) is 7.35. The lowest BCUT2D eigenvalue weighted by Gasteiger charge is -2.16. The number of thiophene rings is 1. The normalized spacial score (nSPS) is 11.1.